The number of piperidine rings is 1. The highest BCUT2D eigenvalue weighted by Gasteiger charge is 2.23. The van der Waals surface area contributed by atoms with Crippen LogP contribution in [0.3, 0.4) is 0 Å². The van der Waals surface area contributed by atoms with E-state index in [0.717, 1.165) is 24.1 Å². The van der Waals surface area contributed by atoms with Gasteiger partial charge in [-0.15, -0.1) is 0 Å². The number of carbonyl (C=O) groups is 2. The third-order valence-corrected chi connectivity index (χ3v) is 3.95. The van der Waals surface area contributed by atoms with Gasteiger partial charge in [-0.2, -0.15) is 0 Å². The Bertz CT molecular complexity index is 534. The van der Waals surface area contributed by atoms with E-state index in [-0.39, 0.29) is 18.0 Å². The second kappa shape index (κ2) is 6.61. The minimum atomic E-state index is -0.0699. The third kappa shape index (κ3) is 4.21. The Kier molecular flexibility index (Phi) is 4.83. The molecule has 1 aromatic rings. The lowest BCUT2D eigenvalue weighted by Crippen LogP contribution is -2.47. The average molecular weight is 289 g/mol. The molecule has 0 unspecified atom stereocenters. The normalized spacial score (nSPS) is 15.7. The van der Waals surface area contributed by atoms with Gasteiger partial charge in [0.1, 0.15) is 0 Å². The van der Waals surface area contributed by atoms with Crippen LogP contribution in [0.2, 0.25) is 0 Å². The number of nitrogens with one attached hydrogen (secondary N) is 2. The summed E-state index contributed by atoms with van der Waals surface area (Å²) in [5.74, 6) is -0.00645. The summed E-state index contributed by atoms with van der Waals surface area (Å²) in [4.78, 5) is 25.0. The summed E-state index contributed by atoms with van der Waals surface area (Å²) < 4.78 is 0. The lowest BCUT2D eigenvalue weighted by atomic mass is 10.1. The van der Waals surface area contributed by atoms with Crippen molar-refractivity contribution in [2.24, 2.45) is 0 Å². The van der Waals surface area contributed by atoms with Gasteiger partial charge in [0.15, 0.2) is 0 Å². The van der Waals surface area contributed by atoms with E-state index < -0.39 is 0 Å². The number of nitrogens with zero attached hydrogens (tertiary/aromatic N) is 1. The number of hydrogen-bond acceptors (Lipinski definition) is 2. The minimum Gasteiger partial charge on any atom is -0.353 e. The predicted octanol–water partition coefficient (Wildman–Crippen LogP) is 2.44. The monoisotopic (exact) mass is 289 g/mol. The number of aryl methyl sites for hydroxylation is 2. The molecule has 5 heteroatoms. The number of benzene rings is 1. The summed E-state index contributed by atoms with van der Waals surface area (Å²) in [6.07, 6.45) is 1.61. The molecule has 1 heterocycles. The summed E-state index contributed by atoms with van der Waals surface area (Å²) >= 11 is 0. The standard InChI is InChI=1S/C16H23N3O2/c1-11-4-5-15(10-12(11)2)18-16(21)19-8-6-14(7-9-19)17-13(3)20/h4-5,10,14H,6-9H2,1-3H3,(H,17,20)(H,18,21). The van der Waals surface area contributed by atoms with Crippen LogP contribution in [0.1, 0.15) is 30.9 Å². The van der Waals surface area contributed by atoms with E-state index in [0.29, 0.717) is 13.1 Å². The number of likely N-dealkylation sites (tertiary alicyclic amines) is 1. The van der Waals surface area contributed by atoms with Gasteiger partial charge in [-0.3, -0.25) is 4.79 Å². The molecule has 0 aromatic heterocycles. The molecular formula is C16H23N3O2. The highest BCUT2D eigenvalue weighted by atomic mass is 16.2. The van der Waals surface area contributed by atoms with Gasteiger partial charge in [-0.1, -0.05) is 6.07 Å². The van der Waals surface area contributed by atoms with E-state index >= 15 is 0 Å². The first kappa shape index (κ1) is 15.4. The molecule has 1 fully saturated rings. The van der Waals surface area contributed by atoms with Crippen molar-refractivity contribution in [3.8, 4) is 0 Å². The van der Waals surface area contributed by atoms with E-state index in [9.17, 15) is 9.59 Å². The highest BCUT2D eigenvalue weighted by Crippen LogP contribution is 2.16. The maximum Gasteiger partial charge on any atom is 0.321 e. The summed E-state index contributed by atoms with van der Waals surface area (Å²) in [6, 6.07) is 6.03. The molecule has 3 amide bonds. The Labute approximate surface area is 125 Å². The fourth-order valence-corrected chi connectivity index (χ4v) is 2.54. The molecule has 1 saturated heterocycles. The molecule has 21 heavy (non-hydrogen) atoms. The fraction of sp³-hybridized carbons (Fsp3) is 0.500. The zero-order chi connectivity index (χ0) is 15.4. The van der Waals surface area contributed by atoms with E-state index in [2.05, 4.69) is 10.6 Å². The Hall–Kier alpha value is -2.04. The Balaban J connectivity index is 1.87. The first-order valence-electron chi connectivity index (χ1n) is 7.36. The molecule has 1 aromatic carbocycles. The molecule has 0 bridgehead atoms. The van der Waals surface area contributed by atoms with Crippen molar-refractivity contribution >= 4 is 17.6 Å². The average Bonchev–Trinajstić information content (AvgIpc) is 2.43. The van der Waals surface area contributed by atoms with Crippen LogP contribution in [0, 0.1) is 13.8 Å². The molecule has 2 N–H and O–H groups in total. The second-order valence-electron chi connectivity index (χ2n) is 5.69. The molecule has 114 valence electrons. The molecular weight excluding hydrogens is 266 g/mol. The zero-order valence-corrected chi connectivity index (χ0v) is 12.9. The van der Waals surface area contributed by atoms with Crippen LogP contribution in [0.25, 0.3) is 0 Å². The lowest BCUT2D eigenvalue weighted by molar-refractivity contribution is -0.119. The minimum absolute atomic E-state index is 0.00645. The number of urea groups is 1. The van der Waals surface area contributed by atoms with Crippen LogP contribution in [0.15, 0.2) is 18.2 Å². The van der Waals surface area contributed by atoms with Gasteiger partial charge < -0.3 is 15.5 Å². The maximum atomic E-state index is 12.2. The van der Waals surface area contributed by atoms with Crippen LogP contribution in [0.5, 0.6) is 0 Å². The largest absolute Gasteiger partial charge is 0.353 e. The van der Waals surface area contributed by atoms with Gasteiger partial charge in [0, 0.05) is 31.7 Å². The van der Waals surface area contributed by atoms with Gasteiger partial charge in [0.25, 0.3) is 0 Å². The van der Waals surface area contributed by atoms with E-state index in [4.69, 9.17) is 0 Å². The molecule has 0 saturated carbocycles. The SMILES string of the molecule is CC(=O)NC1CCN(C(=O)Nc2ccc(C)c(C)c2)CC1. The molecule has 2 rings (SSSR count). The van der Waals surface area contributed by atoms with Crippen LogP contribution < -0.4 is 10.6 Å². The number of anilines is 1. The number of rotatable bonds is 2. The highest BCUT2D eigenvalue weighted by molar-refractivity contribution is 5.89. The first-order chi connectivity index (χ1) is 9.95. The van der Waals surface area contributed by atoms with Crippen molar-refractivity contribution in [1.29, 1.82) is 0 Å². The quantitative estimate of drug-likeness (QED) is 0.878. The predicted molar refractivity (Wildman–Crippen MR) is 83.3 cm³/mol. The summed E-state index contributed by atoms with van der Waals surface area (Å²) in [5.41, 5.74) is 3.20. The van der Waals surface area contributed by atoms with Crippen LogP contribution >= 0.6 is 0 Å². The van der Waals surface area contributed by atoms with Gasteiger partial charge in [0.2, 0.25) is 5.91 Å². The van der Waals surface area contributed by atoms with Gasteiger partial charge in [-0.05, 0) is 49.9 Å². The molecule has 5 nitrogen and oxygen atoms in total. The third-order valence-electron chi connectivity index (χ3n) is 3.95. The second-order valence-corrected chi connectivity index (χ2v) is 5.69. The number of amides is 3. The van der Waals surface area contributed by atoms with Gasteiger partial charge in [-0.25, -0.2) is 4.79 Å². The van der Waals surface area contributed by atoms with Crippen molar-refractivity contribution in [3.63, 3.8) is 0 Å². The summed E-state index contributed by atoms with van der Waals surface area (Å²) in [7, 11) is 0. The zero-order valence-electron chi connectivity index (χ0n) is 12.9. The molecule has 0 atom stereocenters. The van der Waals surface area contributed by atoms with E-state index in [1.807, 2.05) is 32.0 Å². The van der Waals surface area contributed by atoms with E-state index in [1.54, 1.807) is 4.90 Å². The molecule has 1 aliphatic heterocycles. The van der Waals surface area contributed by atoms with Crippen molar-refractivity contribution in [1.82, 2.24) is 10.2 Å². The van der Waals surface area contributed by atoms with Crippen molar-refractivity contribution in [2.75, 3.05) is 18.4 Å². The Morgan fingerprint density at radius 1 is 1.14 bits per heavy atom. The summed E-state index contributed by atoms with van der Waals surface area (Å²) in [6.45, 7) is 6.94. The van der Waals surface area contributed by atoms with Crippen molar-refractivity contribution in [2.45, 2.75) is 39.7 Å². The molecule has 0 spiro atoms. The Morgan fingerprint density at radius 2 is 1.81 bits per heavy atom. The smallest absolute Gasteiger partial charge is 0.321 e. The number of carbonyl (C=O) groups excluding carboxylic acids is 2. The van der Waals surface area contributed by atoms with Crippen molar-refractivity contribution in [3.05, 3.63) is 29.3 Å². The lowest BCUT2D eigenvalue weighted by Gasteiger charge is -2.32. The summed E-state index contributed by atoms with van der Waals surface area (Å²) in [5, 5.41) is 5.84. The van der Waals surface area contributed by atoms with Crippen molar-refractivity contribution < 1.29 is 9.59 Å². The molecule has 0 aliphatic carbocycles. The first-order valence-corrected chi connectivity index (χ1v) is 7.36. The van der Waals surface area contributed by atoms with E-state index in [1.165, 1.54) is 12.5 Å². The maximum absolute atomic E-state index is 12.2. The fourth-order valence-electron chi connectivity index (χ4n) is 2.54. The molecule has 0 radical (unpaired) electrons. The molecule has 1 aliphatic rings. The Morgan fingerprint density at radius 3 is 2.38 bits per heavy atom. The van der Waals surface area contributed by atoms with Gasteiger partial charge >= 0.3 is 6.03 Å². The van der Waals surface area contributed by atoms with Gasteiger partial charge in [0.05, 0.1) is 0 Å². The van der Waals surface area contributed by atoms with Crippen LogP contribution in [0.4, 0.5) is 10.5 Å². The topological polar surface area (TPSA) is 61.4 Å². The number of hydrogen-bond donors (Lipinski definition) is 2. The van der Waals surface area contributed by atoms with Crippen LogP contribution in [-0.2, 0) is 4.79 Å². The van der Waals surface area contributed by atoms with Crippen LogP contribution in [-0.4, -0.2) is 36.0 Å².